The highest BCUT2D eigenvalue weighted by atomic mass is 35.5. The molecule has 1 aliphatic rings. The van der Waals surface area contributed by atoms with Crippen LogP contribution >= 0.6 is 11.6 Å². The Labute approximate surface area is 197 Å². The van der Waals surface area contributed by atoms with E-state index in [4.69, 9.17) is 25.8 Å². The number of ether oxygens (including phenoxy) is 3. The molecule has 3 rings (SSSR count). The van der Waals surface area contributed by atoms with E-state index >= 15 is 0 Å². The smallest absolute Gasteiger partial charge is 0.344 e. The number of benzene rings is 2. The van der Waals surface area contributed by atoms with Crippen molar-refractivity contribution in [2.75, 3.05) is 46.0 Å². The van der Waals surface area contributed by atoms with E-state index in [9.17, 15) is 18.0 Å². The van der Waals surface area contributed by atoms with E-state index in [-0.39, 0.29) is 37.7 Å². The number of rotatable bonds is 9. The molecule has 11 heteroatoms. The van der Waals surface area contributed by atoms with Gasteiger partial charge in [-0.25, -0.2) is 13.2 Å². The molecule has 0 aromatic heterocycles. The molecule has 1 fully saturated rings. The zero-order valence-corrected chi connectivity index (χ0v) is 19.7. The van der Waals surface area contributed by atoms with Gasteiger partial charge in [0.25, 0.3) is 5.91 Å². The van der Waals surface area contributed by atoms with Crippen molar-refractivity contribution >= 4 is 33.5 Å². The Balaban J connectivity index is 1.44. The standard InChI is InChI=1S/C22H25ClN2O7S/c1-2-30-19-5-3-4-6-20(19)31-16-22(27)32-15-21(26)24-11-13-25(14-12-24)33(28,29)18-9-7-17(23)8-10-18/h3-10H,2,11-16H2,1H3. The lowest BCUT2D eigenvalue weighted by molar-refractivity contribution is -0.154. The van der Waals surface area contributed by atoms with E-state index in [1.807, 2.05) is 6.92 Å². The third-order valence-electron chi connectivity index (χ3n) is 4.89. The summed E-state index contributed by atoms with van der Waals surface area (Å²) in [6.07, 6.45) is 0. The van der Waals surface area contributed by atoms with Gasteiger partial charge in [0.15, 0.2) is 24.7 Å². The number of carbonyl (C=O) groups excluding carboxylic acids is 2. The van der Waals surface area contributed by atoms with Gasteiger partial charge in [0.1, 0.15) is 0 Å². The normalized spacial score (nSPS) is 14.5. The minimum absolute atomic E-state index is 0.141. The van der Waals surface area contributed by atoms with Crippen molar-refractivity contribution in [2.24, 2.45) is 0 Å². The Morgan fingerprint density at radius 2 is 1.52 bits per heavy atom. The van der Waals surface area contributed by atoms with Crippen LogP contribution in [0.4, 0.5) is 0 Å². The Kier molecular flexibility index (Phi) is 8.54. The monoisotopic (exact) mass is 496 g/mol. The largest absolute Gasteiger partial charge is 0.490 e. The second kappa shape index (κ2) is 11.4. The van der Waals surface area contributed by atoms with Crippen LogP contribution in [0.3, 0.4) is 0 Å². The molecular weight excluding hydrogens is 472 g/mol. The number of amides is 1. The van der Waals surface area contributed by atoms with E-state index in [2.05, 4.69) is 0 Å². The van der Waals surface area contributed by atoms with Crippen LogP contribution in [0.5, 0.6) is 11.5 Å². The lowest BCUT2D eigenvalue weighted by Crippen LogP contribution is -2.51. The van der Waals surface area contributed by atoms with Crippen LogP contribution in [-0.4, -0.2) is 75.5 Å². The van der Waals surface area contributed by atoms with Crippen LogP contribution in [0.25, 0.3) is 0 Å². The molecule has 33 heavy (non-hydrogen) atoms. The van der Waals surface area contributed by atoms with Gasteiger partial charge < -0.3 is 19.1 Å². The zero-order valence-electron chi connectivity index (χ0n) is 18.1. The summed E-state index contributed by atoms with van der Waals surface area (Å²) in [6.45, 7) is 2.15. The van der Waals surface area contributed by atoms with Gasteiger partial charge in [-0.05, 0) is 43.3 Å². The summed E-state index contributed by atoms with van der Waals surface area (Å²) < 4.78 is 42.6. The quantitative estimate of drug-likeness (QED) is 0.490. The Morgan fingerprint density at radius 3 is 2.12 bits per heavy atom. The van der Waals surface area contributed by atoms with E-state index < -0.39 is 28.5 Å². The molecule has 0 saturated carbocycles. The van der Waals surface area contributed by atoms with Crippen molar-refractivity contribution in [1.82, 2.24) is 9.21 Å². The summed E-state index contributed by atoms with van der Waals surface area (Å²) >= 11 is 5.82. The fraction of sp³-hybridized carbons (Fsp3) is 0.364. The summed E-state index contributed by atoms with van der Waals surface area (Å²) in [5.41, 5.74) is 0. The number of para-hydroxylation sites is 2. The molecule has 0 unspecified atom stereocenters. The van der Waals surface area contributed by atoms with Crippen molar-refractivity contribution < 1.29 is 32.2 Å². The van der Waals surface area contributed by atoms with Gasteiger partial charge in [-0.3, -0.25) is 4.79 Å². The minimum Gasteiger partial charge on any atom is -0.490 e. The summed E-state index contributed by atoms with van der Waals surface area (Å²) in [6, 6.07) is 12.9. The van der Waals surface area contributed by atoms with E-state index in [1.54, 1.807) is 24.3 Å². The second-order valence-corrected chi connectivity index (χ2v) is 9.44. The first-order valence-corrected chi connectivity index (χ1v) is 12.2. The fourth-order valence-electron chi connectivity index (χ4n) is 3.19. The van der Waals surface area contributed by atoms with Gasteiger partial charge in [0, 0.05) is 31.2 Å². The summed E-state index contributed by atoms with van der Waals surface area (Å²) in [5.74, 6) is -0.184. The summed E-state index contributed by atoms with van der Waals surface area (Å²) in [7, 11) is -3.67. The van der Waals surface area contributed by atoms with Crippen molar-refractivity contribution in [3.05, 3.63) is 53.6 Å². The SMILES string of the molecule is CCOc1ccccc1OCC(=O)OCC(=O)N1CCN(S(=O)(=O)c2ccc(Cl)cc2)CC1. The van der Waals surface area contributed by atoms with Crippen molar-refractivity contribution in [3.8, 4) is 11.5 Å². The highest BCUT2D eigenvalue weighted by molar-refractivity contribution is 7.89. The molecule has 1 amide bonds. The lowest BCUT2D eigenvalue weighted by Gasteiger charge is -2.33. The van der Waals surface area contributed by atoms with Gasteiger partial charge >= 0.3 is 5.97 Å². The van der Waals surface area contributed by atoms with Gasteiger partial charge in [-0.15, -0.1) is 0 Å². The highest BCUT2D eigenvalue weighted by Gasteiger charge is 2.30. The molecule has 0 spiro atoms. The first kappa shape index (κ1) is 24.8. The van der Waals surface area contributed by atoms with E-state index in [0.717, 1.165) is 0 Å². The van der Waals surface area contributed by atoms with Crippen molar-refractivity contribution in [1.29, 1.82) is 0 Å². The van der Waals surface area contributed by atoms with Crippen LogP contribution in [0.1, 0.15) is 6.92 Å². The molecule has 0 N–H and O–H groups in total. The predicted octanol–water partition coefficient (Wildman–Crippen LogP) is 2.19. The molecule has 178 valence electrons. The average molecular weight is 497 g/mol. The molecule has 1 saturated heterocycles. The molecule has 1 aliphatic heterocycles. The molecule has 1 heterocycles. The highest BCUT2D eigenvalue weighted by Crippen LogP contribution is 2.26. The van der Waals surface area contributed by atoms with Crippen LogP contribution < -0.4 is 9.47 Å². The van der Waals surface area contributed by atoms with Gasteiger partial charge in [0.05, 0.1) is 11.5 Å². The van der Waals surface area contributed by atoms with E-state index in [1.165, 1.54) is 33.5 Å². The fourth-order valence-corrected chi connectivity index (χ4v) is 4.74. The zero-order chi connectivity index (χ0) is 23.8. The lowest BCUT2D eigenvalue weighted by atomic mass is 10.3. The molecule has 2 aromatic rings. The Bertz CT molecular complexity index is 1070. The number of piperazine rings is 1. The van der Waals surface area contributed by atoms with E-state index in [0.29, 0.717) is 23.1 Å². The molecule has 2 aromatic carbocycles. The third-order valence-corrected chi connectivity index (χ3v) is 7.06. The third kappa shape index (κ3) is 6.59. The van der Waals surface area contributed by atoms with Crippen molar-refractivity contribution in [3.63, 3.8) is 0 Å². The Hall–Kier alpha value is -2.82. The second-order valence-electron chi connectivity index (χ2n) is 7.07. The first-order valence-electron chi connectivity index (χ1n) is 10.3. The maximum Gasteiger partial charge on any atom is 0.344 e. The average Bonchev–Trinajstić information content (AvgIpc) is 2.82. The maximum absolute atomic E-state index is 12.7. The minimum atomic E-state index is -3.67. The molecule has 0 atom stereocenters. The molecule has 0 radical (unpaired) electrons. The summed E-state index contributed by atoms with van der Waals surface area (Å²) in [5, 5.41) is 0.447. The molecule has 0 bridgehead atoms. The number of esters is 1. The number of nitrogens with zero attached hydrogens (tertiary/aromatic N) is 2. The topological polar surface area (TPSA) is 102 Å². The van der Waals surface area contributed by atoms with Gasteiger partial charge in [0.2, 0.25) is 10.0 Å². The number of hydrogen-bond donors (Lipinski definition) is 0. The van der Waals surface area contributed by atoms with Gasteiger partial charge in [-0.1, -0.05) is 23.7 Å². The van der Waals surface area contributed by atoms with Crippen LogP contribution in [0.15, 0.2) is 53.4 Å². The summed E-state index contributed by atoms with van der Waals surface area (Å²) in [4.78, 5) is 26.0. The van der Waals surface area contributed by atoms with Crippen LogP contribution in [0, 0.1) is 0 Å². The number of sulfonamides is 1. The predicted molar refractivity (Wildman–Crippen MR) is 121 cm³/mol. The maximum atomic E-state index is 12.7. The van der Waals surface area contributed by atoms with Crippen LogP contribution in [-0.2, 0) is 24.3 Å². The Morgan fingerprint density at radius 1 is 0.909 bits per heavy atom. The molecule has 0 aliphatic carbocycles. The molecular formula is C22H25ClN2O7S. The first-order chi connectivity index (χ1) is 15.8. The van der Waals surface area contributed by atoms with Crippen LogP contribution in [0.2, 0.25) is 5.02 Å². The number of hydrogen-bond acceptors (Lipinski definition) is 7. The molecule has 9 nitrogen and oxygen atoms in total. The number of halogens is 1. The van der Waals surface area contributed by atoms with Crippen molar-refractivity contribution in [2.45, 2.75) is 11.8 Å². The number of carbonyl (C=O) groups is 2. The van der Waals surface area contributed by atoms with Gasteiger partial charge in [-0.2, -0.15) is 4.31 Å².